The van der Waals surface area contributed by atoms with Crippen LogP contribution in [0.3, 0.4) is 0 Å². The first-order valence-corrected chi connectivity index (χ1v) is 13.2. The molecule has 39 heavy (non-hydrogen) atoms. The van der Waals surface area contributed by atoms with Crippen LogP contribution in [0.5, 0.6) is 0 Å². The fraction of sp³-hybridized carbons (Fsp3) is 0.182. The Morgan fingerprint density at radius 2 is 1.38 bits per heavy atom. The molecule has 0 spiro atoms. The summed E-state index contributed by atoms with van der Waals surface area (Å²) in [6.07, 6.45) is 1.45. The first-order valence-electron chi connectivity index (χ1n) is 13.2. The lowest BCUT2D eigenvalue weighted by Gasteiger charge is -2.23. The molecular weight excluding hydrogens is 488 g/mol. The minimum atomic E-state index is -1.40. The number of aromatic nitrogens is 2. The maximum Gasteiger partial charge on any atom is 0.234 e. The van der Waals surface area contributed by atoms with Crippen LogP contribution in [0, 0.1) is 5.92 Å². The van der Waals surface area contributed by atoms with Crippen LogP contribution in [-0.2, 0) is 20.8 Å². The summed E-state index contributed by atoms with van der Waals surface area (Å²) in [6.45, 7) is 4.21. The first kappa shape index (κ1) is 24.6. The van der Waals surface area contributed by atoms with Crippen molar-refractivity contribution in [1.82, 2.24) is 9.97 Å². The Balaban J connectivity index is 1.56. The van der Waals surface area contributed by atoms with E-state index < -0.39 is 29.0 Å². The van der Waals surface area contributed by atoms with Crippen molar-refractivity contribution < 1.29 is 19.5 Å². The molecule has 0 aliphatic heterocycles. The summed E-state index contributed by atoms with van der Waals surface area (Å²) in [7, 11) is 0. The molecular formula is C33H28N2O4. The van der Waals surface area contributed by atoms with E-state index in [1.165, 1.54) is 0 Å². The summed E-state index contributed by atoms with van der Waals surface area (Å²) in [4.78, 5) is 48.3. The monoisotopic (exact) mass is 516 g/mol. The smallest absolute Gasteiger partial charge is 0.234 e. The number of benzene rings is 3. The largest absolute Gasteiger partial charge is 0.504 e. The molecule has 5 aromatic rings. The fourth-order valence-electron chi connectivity index (χ4n) is 5.64. The average molecular weight is 517 g/mol. The van der Waals surface area contributed by atoms with Crippen molar-refractivity contribution >= 4 is 44.7 Å². The highest BCUT2D eigenvalue weighted by molar-refractivity contribution is 6.62. The molecule has 1 unspecified atom stereocenters. The van der Waals surface area contributed by atoms with E-state index >= 15 is 0 Å². The zero-order valence-electron chi connectivity index (χ0n) is 21.7. The topological polar surface area (TPSA) is 103 Å². The zero-order valence-corrected chi connectivity index (χ0v) is 21.7. The predicted molar refractivity (Wildman–Crippen MR) is 153 cm³/mol. The second kappa shape index (κ2) is 9.55. The first-order chi connectivity index (χ1) is 18.9. The summed E-state index contributed by atoms with van der Waals surface area (Å²) in [6, 6.07) is 24.1. The van der Waals surface area contributed by atoms with Crippen LogP contribution in [0.4, 0.5) is 0 Å². The summed E-state index contributed by atoms with van der Waals surface area (Å²) in [5.41, 5.74) is 4.20. The molecule has 1 atom stereocenters. The highest BCUT2D eigenvalue weighted by Gasteiger charge is 2.46. The molecule has 0 bridgehead atoms. The van der Waals surface area contributed by atoms with Gasteiger partial charge < -0.3 is 15.1 Å². The van der Waals surface area contributed by atoms with Gasteiger partial charge in [0, 0.05) is 33.1 Å². The summed E-state index contributed by atoms with van der Waals surface area (Å²) in [5, 5.41) is 12.8. The highest BCUT2D eigenvalue weighted by Crippen LogP contribution is 2.42. The van der Waals surface area contributed by atoms with Gasteiger partial charge in [0.15, 0.2) is 5.76 Å². The van der Waals surface area contributed by atoms with E-state index in [2.05, 4.69) is 23.8 Å². The van der Waals surface area contributed by atoms with Crippen LogP contribution >= 0.6 is 0 Å². The quantitative estimate of drug-likeness (QED) is 0.173. The molecule has 0 saturated heterocycles. The number of fused-ring (bicyclic) bond motifs is 2. The minimum Gasteiger partial charge on any atom is -0.504 e. The van der Waals surface area contributed by atoms with Crippen molar-refractivity contribution in [3.8, 4) is 11.3 Å². The van der Waals surface area contributed by atoms with Crippen LogP contribution in [0.1, 0.15) is 43.0 Å². The van der Waals surface area contributed by atoms with Crippen molar-refractivity contribution in [2.45, 2.75) is 32.6 Å². The summed E-state index contributed by atoms with van der Waals surface area (Å²) in [5.74, 6) is -4.11. The molecule has 1 aliphatic carbocycles. The Kier molecular flexibility index (Phi) is 6.03. The lowest BCUT2D eigenvalue weighted by atomic mass is 9.76. The molecule has 0 radical (unpaired) electrons. The number of carbonyl (C=O) groups is 3. The number of H-pyrrole nitrogens is 2. The minimum absolute atomic E-state index is 0.249. The number of aliphatic hydroxyl groups is 1. The second-order valence-corrected chi connectivity index (χ2v) is 10.5. The number of para-hydroxylation sites is 2. The van der Waals surface area contributed by atoms with E-state index in [1.54, 1.807) is 0 Å². The van der Waals surface area contributed by atoms with E-state index in [1.807, 2.05) is 78.9 Å². The van der Waals surface area contributed by atoms with Crippen molar-refractivity contribution in [2.24, 2.45) is 5.92 Å². The van der Waals surface area contributed by atoms with Gasteiger partial charge >= 0.3 is 0 Å². The van der Waals surface area contributed by atoms with Gasteiger partial charge in [-0.15, -0.1) is 0 Å². The maximum atomic E-state index is 13.9. The maximum absolute atomic E-state index is 13.9. The van der Waals surface area contributed by atoms with E-state index in [4.69, 9.17) is 0 Å². The SMILES string of the molecule is CC(C)CCc1[nH]c2ccccc2c1C1C(=O)C(=O)C(c2c(-c3ccccc3)[nH]c3ccccc23)=C(O)C1=O. The third-order valence-corrected chi connectivity index (χ3v) is 7.55. The van der Waals surface area contributed by atoms with Crippen molar-refractivity contribution in [1.29, 1.82) is 0 Å². The van der Waals surface area contributed by atoms with Gasteiger partial charge in [-0.2, -0.15) is 0 Å². The normalized spacial score (nSPS) is 16.3. The van der Waals surface area contributed by atoms with Crippen molar-refractivity contribution in [2.75, 3.05) is 0 Å². The molecule has 0 saturated carbocycles. The van der Waals surface area contributed by atoms with E-state index in [9.17, 15) is 19.5 Å². The third-order valence-electron chi connectivity index (χ3n) is 7.55. The number of aromatic amines is 2. The van der Waals surface area contributed by atoms with Crippen molar-refractivity contribution in [3.63, 3.8) is 0 Å². The van der Waals surface area contributed by atoms with Gasteiger partial charge in [0.05, 0.1) is 11.3 Å². The molecule has 3 aromatic carbocycles. The Morgan fingerprint density at radius 1 is 0.769 bits per heavy atom. The molecule has 0 fully saturated rings. The number of carbonyl (C=O) groups excluding carboxylic acids is 3. The average Bonchev–Trinajstić information content (AvgIpc) is 3.51. The Labute approximate surface area is 225 Å². The molecule has 1 aliphatic rings. The van der Waals surface area contributed by atoms with Gasteiger partial charge in [0.25, 0.3) is 0 Å². The van der Waals surface area contributed by atoms with E-state index in [0.717, 1.165) is 28.7 Å². The number of allylic oxidation sites excluding steroid dienone is 2. The second-order valence-electron chi connectivity index (χ2n) is 10.5. The van der Waals surface area contributed by atoms with Gasteiger partial charge in [-0.3, -0.25) is 14.4 Å². The number of nitrogens with one attached hydrogen (secondary N) is 2. The molecule has 3 N–H and O–H groups in total. The van der Waals surface area contributed by atoms with Gasteiger partial charge in [0.2, 0.25) is 17.3 Å². The number of rotatable bonds is 6. The van der Waals surface area contributed by atoms with Crippen LogP contribution in [0.25, 0.3) is 38.6 Å². The van der Waals surface area contributed by atoms with Crippen molar-refractivity contribution in [3.05, 3.63) is 101 Å². The number of hydrogen-bond acceptors (Lipinski definition) is 4. The molecule has 0 amide bonds. The lowest BCUT2D eigenvalue weighted by Crippen LogP contribution is -2.36. The van der Waals surface area contributed by atoms with Gasteiger partial charge in [-0.1, -0.05) is 80.6 Å². The Hall–Kier alpha value is -4.71. The third kappa shape index (κ3) is 4.00. The standard InChI is InChI=1S/C33H28N2O4/c1-18(2)16-17-24-25(20-12-6-8-14-22(20)34-24)27-30(36)32(38)28(33(39)31(27)37)26-21-13-7-9-15-23(21)35-29(26)19-10-4-3-5-11-19/h3-15,18,27,34-35,38H,16-17H2,1-2H3. The molecule has 6 rings (SSSR count). The zero-order chi connectivity index (χ0) is 27.3. The molecule has 6 nitrogen and oxygen atoms in total. The fourth-order valence-corrected chi connectivity index (χ4v) is 5.64. The summed E-state index contributed by atoms with van der Waals surface area (Å²) >= 11 is 0. The van der Waals surface area contributed by atoms with Gasteiger partial charge in [-0.05, 0) is 42.0 Å². The number of hydrogen-bond donors (Lipinski definition) is 3. The van der Waals surface area contributed by atoms with Gasteiger partial charge in [0.1, 0.15) is 5.92 Å². The lowest BCUT2D eigenvalue weighted by molar-refractivity contribution is -0.138. The molecule has 2 heterocycles. The Morgan fingerprint density at radius 3 is 2.08 bits per heavy atom. The van der Waals surface area contributed by atoms with Crippen LogP contribution < -0.4 is 0 Å². The Bertz CT molecular complexity index is 1800. The highest BCUT2D eigenvalue weighted by atomic mass is 16.3. The van der Waals surface area contributed by atoms with Crippen LogP contribution in [-0.4, -0.2) is 32.4 Å². The molecule has 6 heteroatoms. The predicted octanol–water partition coefficient (Wildman–Crippen LogP) is 6.68. The summed E-state index contributed by atoms with van der Waals surface area (Å²) < 4.78 is 0. The van der Waals surface area contributed by atoms with Gasteiger partial charge in [-0.25, -0.2) is 0 Å². The number of ketones is 3. The van der Waals surface area contributed by atoms with E-state index in [0.29, 0.717) is 39.9 Å². The number of aryl methyl sites for hydroxylation is 1. The van der Waals surface area contributed by atoms with Crippen LogP contribution in [0.15, 0.2) is 84.6 Å². The molecule has 2 aromatic heterocycles. The number of aliphatic hydroxyl groups excluding tert-OH is 1. The van der Waals surface area contributed by atoms with Crippen LogP contribution in [0.2, 0.25) is 0 Å². The number of Topliss-reactive ketones (excluding diaryl/α,β-unsaturated/α-hetero) is 3. The van der Waals surface area contributed by atoms with E-state index in [-0.39, 0.29) is 5.57 Å². The molecule has 194 valence electrons.